The van der Waals surface area contributed by atoms with Crippen LogP contribution in [0.3, 0.4) is 0 Å². The first-order valence-electron chi connectivity index (χ1n) is 9.63. The van der Waals surface area contributed by atoms with E-state index >= 15 is 0 Å². The van der Waals surface area contributed by atoms with Gasteiger partial charge in [-0.05, 0) is 66.9 Å². The van der Waals surface area contributed by atoms with Crippen molar-refractivity contribution in [3.8, 4) is 16.9 Å². The Kier molecular flexibility index (Phi) is 5.35. The Morgan fingerprint density at radius 1 is 0.933 bits per heavy atom. The van der Waals surface area contributed by atoms with Gasteiger partial charge in [-0.2, -0.15) is 0 Å². The molecule has 1 amide bonds. The van der Waals surface area contributed by atoms with Crippen LogP contribution in [0, 0.1) is 13.8 Å². The summed E-state index contributed by atoms with van der Waals surface area (Å²) in [6, 6.07) is 22.0. The summed E-state index contributed by atoms with van der Waals surface area (Å²) in [5.74, 6) is 0.401. The van der Waals surface area contributed by atoms with E-state index in [1.54, 1.807) is 30.3 Å². The third-order valence-electron chi connectivity index (χ3n) is 4.97. The number of nitrogens with one attached hydrogen (secondary N) is 1. The second kappa shape index (κ2) is 8.25. The minimum absolute atomic E-state index is 0.0848. The average Bonchev–Trinajstić information content (AvgIpc) is 2.75. The number of hydrogen-bond donors (Lipinski definition) is 1. The van der Waals surface area contributed by atoms with Crippen molar-refractivity contribution in [1.82, 2.24) is 0 Å². The Hall–Kier alpha value is -3.86. The summed E-state index contributed by atoms with van der Waals surface area (Å²) in [7, 11) is 0. The molecule has 0 spiro atoms. The molecule has 4 aromatic rings. The zero-order valence-corrected chi connectivity index (χ0v) is 16.8. The molecule has 0 saturated heterocycles. The van der Waals surface area contributed by atoms with Gasteiger partial charge < -0.3 is 14.5 Å². The molecule has 0 aliphatic rings. The van der Waals surface area contributed by atoms with Crippen LogP contribution < -0.4 is 15.7 Å². The van der Waals surface area contributed by atoms with Gasteiger partial charge in [0.1, 0.15) is 11.3 Å². The molecule has 4 rings (SSSR count). The molecule has 30 heavy (non-hydrogen) atoms. The van der Waals surface area contributed by atoms with E-state index in [4.69, 9.17) is 9.15 Å². The molecule has 0 unspecified atom stereocenters. The Balaban J connectivity index is 1.43. The van der Waals surface area contributed by atoms with Crippen molar-refractivity contribution in [3.05, 3.63) is 94.3 Å². The smallest absolute Gasteiger partial charge is 0.344 e. The van der Waals surface area contributed by atoms with Gasteiger partial charge in [-0.3, -0.25) is 4.79 Å². The molecule has 1 heterocycles. The molecule has 0 aliphatic carbocycles. The van der Waals surface area contributed by atoms with Gasteiger partial charge >= 0.3 is 5.63 Å². The number of benzene rings is 3. The number of carbonyl (C=O) groups excluding carboxylic acids is 1. The maximum atomic E-state index is 12.3. The number of aryl methyl sites for hydroxylation is 2. The van der Waals surface area contributed by atoms with Crippen LogP contribution in [0.25, 0.3) is 22.1 Å². The van der Waals surface area contributed by atoms with Gasteiger partial charge in [-0.25, -0.2) is 4.79 Å². The van der Waals surface area contributed by atoms with Gasteiger partial charge in [0.25, 0.3) is 5.91 Å². The van der Waals surface area contributed by atoms with Crippen molar-refractivity contribution < 1.29 is 13.9 Å². The van der Waals surface area contributed by atoms with E-state index in [0.29, 0.717) is 22.6 Å². The molecule has 1 N–H and O–H groups in total. The number of ether oxygens (including phenoxy) is 1. The summed E-state index contributed by atoms with van der Waals surface area (Å²) in [6.45, 7) is 3.94. The molecule has 150 valence electrons. The van der Waals surface area contributed by atoms with Crippen LogP contribution in [0.1, 0.15) is 11.1 Å². The third-order valence-corrected chi connectivity index (χ3v) is 4.97. The van der Waals surface area contributed by atoms with Crippen LogP contribution in [-0.4, -0.2) is 12.5 Å². The molecule has 0 bridgehead atoms. The SMILES string of the molecule is Cc1ccc(OCC(=O)Nc2ccc(-c3cc4ccccc4oc3=O)cc2)cc1C. The van der Waals surface area contributed by atoms with Gasteiger partial charge in [0.15, 0.2) is 6.61 Å². The first kappa shape index (κ1) is 19.5. The predicted octanol–water partition coefficient (Wildman–Crippen LogP) is 5.09. The molecule has 0 saturated carbocycles. The lowest BCUT2D eigenvalue weighted by molar-refractivity contribution is -0.118. The average molecular weight is 399 g/mol. The topological polar surface area (TPSA) is 68.5 Å². The van der Waals surface area contributed by atoms with E-state index in [9.17, 15) is 9.59 Å². The lowest BCUT2D eigenvalue weighted by Crippen LogP contribution is -2.20. The number of carbonyl (C=O) groups is 1. The fourth-order valence-electron chi connectivity index (χ4n) is 3.15. The van der Waals surface area contributed by atoms with Crippen molar-refractivity contribution in [2.75, 3.05) is 11.9 Å². The zero-order chi connectivity index (χ0) is 21.1. The minimum Gasteiger partial charge on any atom is -0.484 e. The molecule has 0 radical (unpaired) electrons. The van der Waals surface area contributed by atoms with Crippen molar-refractivity contribution in [2.45, 2.75) is 13.8 Å². The van der Waals surface area contributed by atoms with Crippen LogP contribution in [0.4, 0.5) is 5.69 Å². The summed E-state index contributed by atoms with van der Waals surface area (Å²) in [4.78, 5) is 24.5. The fourth-order valence-corrected chi connectivity index (χ4v) is 3.15. The van der Waals surface area contributed by atoms with Gasteiger partial charge in [0.2, 0.25) is 0 Å². The molecule has 3 aromatic carbocycles. The lowest BCUT2D eigenvalue weighted by atomic mass is 10.1. The van der Waals surface area contributed by atoms with Gasteiger partial charge in [0.05, 0.1) is 5.56 Å². The highest BCUT2D eigenvalue weighted by Gasteiger charge is 2.09. The largest absolute Gasteiger partial charge is 0.484 e. The molecular formula is C25H21NO4. The third kappa shape index (κ3) is 4.25. The van der Waals surface area contributed by atoms with Crippen LogP contribution in [0.15, 0.2) is 82.0 Å². The molecule has 1 aromatic heterocycles. The summed E-state index contributed by atoms with van der Waals surface area (Å²) in [6.07, 6.45) is 0. The Morgan fingerprint density at radius 2 is 1.70 bits per heavy atom. The van der Waals surface area contributed by atoms with E-state index in [1.165, 1.54) is 5.56 Å². The summed E-state index contributed by atoms with van der Waals surface area (Å²) in [5.41, 5.74) is 4.27. The van der Waals surface area contributed by atoms with Crippen LogP contribution in [-0.2, 0) is 4.79 Å². The van der Waals surface area contributed by atoms with Crippen molar-refractivity contribution in [2.24, 2.45) is 0 Å². The highest BCUT2D eigenvalue weighted by Crippen LogP contribution is 2.22. The van der Waals surface area contributed by atoms with Gasteiger partial charge in [-0.1, -0.05) is 36.4 Å². The molecule has 0 fully saturated rings. The second-order valence-corrected chi connectivity index (χ2v) is 7.15. The fraction of sp³-hybridized carbons (Fsp3) is 0.120. The monoisotopic (exact) mass is 399 g/mol. The predicted molar refractivity (Wildman–Crippen MR) is 118 cm³/mol. The number of fused-ring (bicyclic) bond motifs is 1. The highest BCUT2D eigenvalue weighted by molar-refractivity contribution is 5.92. The number of amides is 1. The Labute approximate surface area is 173 Å². The van der Waals surface area contributed by atoms with Crippen molar-refractivity contribution in [3.63, 3.8) is 0 Å². The maximum Gasteiger partial charge on any atom is 0.344 e. The first-order valence-corrected chi connectivity index (χ1v) is 9.63. The molecule has 5 nitrogen and oxygen atoms in total. The zero-order valence-electron chi connectivity index (χ0n) is 16.8. The van der Waals surface area contributed by atoms with Gasteiger partial charge in [0, 0.05) is 11.1 Å². The summed E-state index contributed by atoms with van der Waals surface area (Å²) in [5, 5.41) is 3.65. The normalized spacial score (nSPS) is 10.7. The van der Waals surface area contributed by atoms with Crippen LogP contribution in [0.2, 0.25) is 0 Å². The van der Waals surface area contributed by atoms with E-state index in [1.807, 2.05) is 56.3 Å². The Bertz CT molecular complexity index is 1270. The second-order valence-electron chi connectivity index (χ2n) is 7.15. The minimum atomic E-state index is -0.396. The number of rotatable bonds is 5. The standard InChI is InChI=1S/C25H21NO4/c1-16-7-12-21(13-17(16)2)29-15-24(27)26-20-10-8-18(9-11-20)22-14-19-5-3-4-6-23(19)30-25(22)28/h3-14H,15H2,1-2H3,(H,26,27). The maximum absolute atomic E-state index is 12.3. The van der Waals surface area contributed by atoms with Gasteiger partial charge in [-0.15, -0.1) is 0 Å². The highest BCUT2D eigenvalue weighted by atomic mass is 16.5. The first-order chi connectivity index (χ1) is 14.5. The van der Waals surface area contributed by atoms with Crippen LogP contribution >= 0.6 is 0 Å². The number of para-hydroxylation sites is 1. The molecule has 0 atom stereocenters. The summed E-state index contributed by atoms with van der Waals surface area (Å²) < 4.78 is 10.9. The lowest BCUT2D eigenvalue weighted by Gasteiger charge is -2.09. The van der Waals surface area contributed by atoms with E-state index < -0.39 is 5.63 Å². The summed E-state index contributed by atoms with van der Waals surface area (Å²) >= 11 is 0. The van der Waals surface area contributed by atoms with E-state index in [-0.39, 0.29) is 12.5 Å². The quantitative estimate of drug-likeness (QED) is 0.475. The number of hydrogen-bond acceptors (Lipinski definition) is 4. The van der Waals surface area contributed by atoms with E-state index in [2.05, 4.69) is 5.32 Å². The molecular weight excluding hydrogens is 378 g/mol. The molecule has 0 aliphatic heterocycles. The van der Waals surface area contributed by atoms with E-state index in [0.717, 1.165) is 16.5 Å². The Morgan fingerprint density at radius 3 is 2.47 bits per heavy atom. The van der Waals surface area contributed by atoms with Crippen LogP contribution in [0.5, 0.6) is 5.75 Å². The van der Waals surface area contributed by atoms with Crippen molar-refractivity contribution >= 4 is 22.6 Å². The molecule has 5 heteroatoms. The van der Waals surface area contributed by atoms with Crippen molar-refractivity contribution in [1.29, 1.82) is 0 Å². The number of anilines is 1.